The monoisotopic (exact) mass is 399 g/mol. The maximum absolute atomic E-state index is 12.6. The second kappa shape index (κ2) is 6.72. The Kier molecular flexibility index (Phi) is 4.03. The summed E-state index contributed by atoms with van der Waals surface area (Å²) in [4.78, 5) is 47.4. The third-order valence-electron chi connectivity index (χ3n) is 4.75. The van der Waals surface area contributed by atoms with Crippen molar-refractivity contribution in [3.8, 4) is 10.7 Å². The van der Waals surface area contributed by atoms with Crippen molar-refractivity contribution in [1.82, 2.24) is 14.9 Å². The second-order valence-electron chi connectivity index (χ2n) is 6.58. The van der Waals surface area contributed by atoms with E-state index in [1.807, 2.05) is 12.1 Å². The molecule has 6 nitrogen and oxygen atoms in total. The van der Waals surface area contributed by atoms with Crippen molar-refractivity contribution in [3.63, 3.8) is 0 Å². The Balaban J connectivity index is 1.49. The third-order valence-corrected chi connectivity index (χ3v) is 5.82. The van der Waals surface area contributed by atoms with E-state index < -0.39 is 0 Å². The molecule has 29 heavy (non-hydrogen) atoms. The van der Waals surface area contributed by atoms with Crippen LogP contribution >= 0.6 is 11.3 Å². The number of aromatic nitrogens is 2. The van der Waals surface area contributed by atoms with E-state index in [-0.39, 0.29) is 23.9 Å². The van der Waals surface area contributed by atoms with Crippen LogP contribution in [-0.4, -0.2) is 26.7 Å². The normalized spacial score (nSPS) is 13.2. The molecule has 0 saturated heterocycles. The van der Waals surface area contributed by atoms with E-state index in [2.05, 4.69) is 9.97 Å². The Bertz CT molecular complexity index is 1330. The smallest absolute Gasteiger partial charge is 0.269 e. The third kappa shape index (κ3) is 2.92. The Labute approximate surface area is 169 Å². The summed E-state index contributed by atoms with van der Waals surface area (Å²) in [6.07, 6.45) is 0. The first-order chi connectivity index (χ1) is 14.1. The van der Waals surface area contributed by atoms with E-state index in [1.54, 1.807) is 54.6 Å². The van der Waals surface area contributed by atoms with E-state index in [9.17, 15) is 14.4 Å². The number of pyridine rings is 1. The number of carbonyl (C=O) groups is 2. The number of nitrogens with zero attached hydrogens (tertiary/aromatic N) is 3. The number of hydrogen-bond acceptors (Lipinski definition) is 6. The van der Waals surface area contributed by atoms with Crippen LogP contribution in [0, 0.1) is 0 Å². The number of amides is 2. The highest BCUT2D eigenvalue weighted by Crippen LogP contribution is 2.27. The molecule has 4 aromatic rings. The summed E-state index contributed by atoms with van der Waals surface area (Å²) in [6.45, 7) is 0.0582. The molecular weight excluding hydrogens is 386 g/mol. The molecule has 2 amide bonds. The number of imide groups is 1. The molecule has 0 fully saturated rings. The van der Waals surface area contributed by atoms with Gasteiger partial charge in [0.25, 0.3) is 17.4 Å². The molecule has 0 spiro atoms. The average molecular weight is 399 g/mol. The standard InChI is InChI=1S/C22H13N3O3S/c26-19-16-9-3-4-11-18(16)29-20(24-19)17-10-5-6-13(23-17)12-25-21(27)14-7-1-2-8-15(14)22(25)28/h1-11H,12H2. The minimum atomic E-state index is -0.328. The van der Waals surface area contributed by atoms with Crippen LogP contribution in [0.15, 0.2) is 71.5 Å². The first-order valence-electron chi connectivity index (χ1n) is 8.93. The lowest BCUT2D eigenvalue weighted by atomic mass is 10.1. The maximum atomic E-state index is 12.6. The van der Waals surface area contributed by atoms with Crippen molar-refractivity contribution in [2.75, 3.05) is 0 Å². The van der Waals surface area contributed by atoms with Crippen LogP contribution in [0.4, 0.5) is 0 Å². The van der Waals surface area contributed by atoms with Crippen molar-refractivity contribution >= 4 is 33.2 Å². The van der Waals surface area contributed by atoms with Gasteiger partial charge >= 0.3 is 0 Å². The van der Waals surface area contributed by atoms with Crippen molar-refractivity contribution in [1.29, 1.82) is 0 Å². The summed E-state index contributed by atoms with van der Waals surface area (Å²) >= 11 is 1.38. The van der Waals surface area contributed by atoms with Gasteiger partial charge in [-0.25, -0.2) is 4.98 Å². The van der Waals surface area contributed by atoms with Gasteiger partial charge in [-0.3, -0.25) is 19.3 Å². The van der Waals surface area contributed by atoms with Crippen LogP contribution in [0.25, 0.3) is 20.8 Å². The van der Waals surface area contributed by atoms with Crippen molar-refractivity contribution in [3.05, 3.63) is 93.9 Å². The highest BCUT2D eigenvalue weighted by molar-refractivity contribution is 7.21. The molecule has 1 aliphatic heterocycles. The predicted molar refractivity (Wildman–Crippen MR) is 110 cm³/mol. The number of fused-ring (bicyclic) bond motifs is 2. The highest BCUT2D eigenvalue weighted by Gasteiger charge is 2.35. The average Bonchev–Trinajstić information content (AvgIpc) is 2.99. The SMILES string of the molecule is O=C1c2ccccc2C(=O)N1Cc1cccc(-c2nc(=O)c3ccccc3s2)n1. The molecule has 0 radical (unpaired) electrons. The van der Waals surface area contributed by atoms with Gasteiger partial charge in [0.2, 0.25) is 0 Å². The topological polar surface area (TPSA) is 80.2 Å². The van der Waals surface area contributed by atoms with Gasteiger partial charge < -0.3 is 0 Å². The number of hydrogen-bond donors (Lipinski definition) is 0. The Morgan fingerprint density at radius 3 is 2.21 bits per heavy atom. The summed E-state index contributed by atoms with van der Waals surface area (Å²) in [7, 11) is 0. The largest absolute Gasteiger partial charge is 0.279 e. The van der Waals surface area contributed by atoms with Gasteiger partial charge in [0, 0.05) is 4.70 Å². The minimum Gasteiger partial charge on any atom is -0.269 e. The lowest BCUT2D eigenvalue weighted by Gasteiger charge is -2.13. The van der Waals surface area contributed by atoms with Crippen LogP contribution in [0.2, 0.25) is 0 Å². The van der Waals surface area contributed by atoms with Gasteiger partial charge in [-0.15, -0.1) is 11.3 Å². The maximum Gasteiger partial charge on any atom is 0.279 e. The van der Waals surface area contributed by atoms with Gasteiger partial charge in [-0.1, -0.05) is 30.3 Å². The summed E-state index contributed by atoms with van der Waals surface area (Å²) in [5, 5.41) is 1.07. The van der Waals surface area contributed by atoms with Crippen molar-refractivity contribution in [2.24, 2.45) is 0 Å². The zero-order valence-corrected chi connectivity index (χ0v) is 15.8. The van der Waals surface area contributed by atoms with E-state index >= 15 is 0 Å². The van der Waals surface area contributed by atoms with E-state index in [0.717, 1.165) is 4.70 Å². The predicted octanol–water partition coefficient (Wildman–Crippen LogP) is 3.51. The molecule has 1 aliphatic rings. The second-order valence-corrected chi connectivity index (χ2v) is 7.61. The zero-order chi connectivity index (χ0) is 20.0. The summed E-state index contributed by atoms with van der Waals surface area (Å²) in [5.74, 6) is -0.655. The fourth-order valence-electron chi connectivity index (χ4n) is 3.35. The van der Waals surface area contributed by atoms with Crippen LogP contribution in [-0.2, 0) is 6.54 Å². The summed E-state index contributed by atoms with van der Waals surface area (Å²) in [6, 6.07) is 19.4. The molecule has 0 N–H and O–H groups in total. The fourth-order valence-corrected chi connectivity index (χ4v) is 4.32. The quantitative estimate of drug-likeness (QED) is 0.493. The molecule has 0 unspecified atom stereocenters. The summed E-state index contributed by atoms with van der Waals surface area (Å²) in [5.41, 5.74) is 1.59. The van der Waals surface area contributed by atoms with Crippen LogP contribution < -0.4 is 5.56 Å². The lowest BCUT2D eigenvalue weighted by Crippen LogP contribution is -2.29. The highest BCUT2D eigenvalue weighted by atomic mass is 32.1. The first kappa shape index (κ1) is 17.4. The molecule has 0 aliphatic carbocycles. The van der Waals surface area contributed by atoms with Gasteiger partial charge in [0.1, 0.15) is 5.01 Å². The molecule has 0 atom stereocenters. The number of benzene rings is 2. The van der Waals surface area contributed by atoms with E-state index in [1.165, 1.54) is 16.2 Å². The molecule has 0 saturated carbocycles. The van der Waals surface area contributed by atoms with Crippen LogP contribution in [0.1, 0.15) is 26.4 Å². The molecule has 2 aromatic carbocycles. The zero-order valence-electron chi connectivity index (χ0n) is 15.0. The fraction of sp³-hybridized carbons (Fsp3) is 0.0455. The molecule has 140 valence electrons. The molecule has 2 aromatic heterocycles. The number of carbonyl (C=O) groups excluding carboxylic acids is 2. The molecule has 7 heteroatoms. The molecular formula is C22H13N3O3S. The molecule has 3 heterocycles. The summed E-state index contributed by atoms with van der Waals surface area (Å²) < 4.78 is 0.829. The van der Waals surface area contributed by atoms with Gasteiger partial charge in [0.05, 0.1) is 34.4 Å². The number of rotatable bonds is 3. The van der Waals surface area contributed by atoms with E-state index in [0.29, 0.717) is 32.9 Å². The van der Waals surface area contributed by atoms with E-state index in [4.69, 9.17) is 0 Å². The van der Waals surface area contributed by atoms with Gasteiger partial charge in [-0.05, 0) is 36.4 Å². The van der Waals surface area contributed by atoms with Crippen LogP contribution in [0.3, 0.4) is 0 Å². The Hall–Kier alpha value is -3.71. The van der Waals surface area contributed by atoms with Crippen molar-refractivity contribution in [2.45, 2.75) is 6.54 Å². The molecule has 5 rings (SSSR count). The first-order valence-corrected chi connectivity index (χ1v) is 9.75. The Morgan fingerprint density at radius 2 is 1.45 bits per heavy atom. The van der Waals surface area contributed by atoms with Crippen molar-refractivity contribution < 1.29 is 9.59 Å². The van der Waals surface area contributed by atoms with Gasteiger partial charge in [-0.2, -0.15) is 4.98 Å². The van der Waals surface area contributed by atoms with Crippen LogP contribution in [0.5, 0.6) is 0 Å². The Morgan fingerprint density at radius 1 is 0.759 bits per heavy atom. The lowest BCUT2D eigenvalue weighted by molar-refractivity contribution is 0.0640. The minimum absolute atomic E-state index is 0.0582. The van der Waals surface area contributed by atoms with Gasteiger partial charge in [0.15, 0.2) is 0 Å². The molecule has 0 bridgehead atoms.